The van der Waals surface area contributed by atoms with Gasteiger partial charge in [0, 0.05) is 24.2 Å². The smallest absolute Gasteiger partial charge is 0.126 e. The molecule has 1 N–H and O–H groups in total. The molecule has 0 aromatic carbocycles. The maximum Gasteiger partial charge on any atom is 0.126 e. The summed E-state index contributed by atoms with van der Waals surface area (Å²) in [5.41, 5.74) is 0. The second kappa shape index (κ2) is 5.73. The molecule has 1 aromatic rings. The van der Waals surface area contributed by atoms with Gasteiger partial charge in [-0.2, -0.15) is 11.8 Å². The Balaban J connectivity index is 2.17. The predicted molar refractivity (Wildman–Crippen MR) is 69.8 cm³/mol. The Kier molecular flexibility index (Phi) is 4.29. The summed E-state index contributed by atoms with van der Waals surface area (Å²) in [7, 11) is 0. The molecule has 2 rings (SSSR count). The Morgan fingerprint density at radius 1 is 1.62 bits per heavy atom. The van der Waals surface area contributed by atoms with E-state index in [1.54, 1.807) is 0 Å². The van der Waals surface area contributed by atoms with Gasteiger partial charge in [-0.1, -0.05) is 6.92 Å². The summed E-state index contributed by atoms with van der Waals surface area (Å²) in [5, 5.41) is 4.30. The highest BCUT2D eigenvalue weighted by Crippen LogP contribution is 2.35. The van der Waals surface area contributed by atoms with E-state index in [9.17, 15) is 0 Å². The van der Waals surface area contributed by atoms with Crippen LogP contribution in [0.3, 0.4) is 0 Å². The van der Waals surface area contributed by atoms with Crippen LogP contribution in [0.2, 0.25) is 0 Å². The van der Waals surface area contributed by atoms with Gasteiger partial charge in [-0.05, 0) is 32.1 Å². The van der Waals surface area contributed by atoms with Crippen LogP contribution >= 0.6 is 11.8 Å². The summed E-state index contributed by atoms with van der Waals surface area (Å²) in [5.74, 6) is 2.52. The maximum absolute atomic E-state index is 4.54. The van der Waals surface area contributed by atoms with E-state index in [1.165, 1.54) is 24.4 Å². The number of rotatable bonds is 5. The van der Waals surface area contributed by atoms with Gasteiger partial charge in [-0.3, -0.25) is 0 Å². The van der Waals surface area contributed by atoms with Crippen molar-refractivity contribution in [3.63, 3.8) is 0 Å². The van der Waals surface area contributed by atoms with E-state index in [2.05, 4.69) is 46.7 Å². The number of imidazole rings is 1. The molecular formula is C12H21N3S. The van der Waals surface area contributed by atoms with E-state index in [0.717, 1.165) is 13.1 Å². The largest absolute Gasteiger partial charge is 0.334 e. The van der Waals surface area contributed by atoms with Gasteiger partial charge in [-0.15, -0.1) is 0 Å². The molecule has 1 fully saturated rings. The molecule has 0 saturated carbocycles. The van der Waals surface area contributed by atoms with Crippen molar-refractivity contribution < 1.29 is 0 Å². The molecule has 3 nitrogen and oxygen atoms in total. The van der Waals surface area contributed by atoms with Crippen molar-refractivity contribution in [2.45, 2.75) is 44.5 Å². The van der Waals surface area contributed by atoms with E-state index >= 15 is 0 Å². The van der Waals surface area contributed by atoms with Crippen molar-refractivity contribution in [2.24, 2.45) is 0 Å². The van der Waals surface area contributed by atoms with Crippen LogP contribution in [0.1, 0.15) is 38.6 Å². The normalized spacial score (nSPS) is 22.5. The molecule has 1 aliphatic rings. The van der Waals surface area contributed by atoms with Crippen molar-refractivity contribution in [3.05, 3.63) is 18.2 Å². The first kappa shape index (κ1) is 12.0. The van der Waals surface area contributed by atoms with Crippen molar-refractivity contribution in [2.75, 3.05) is 12.3 Å². The second-order valence-electron chi connectivity index (χ2n) is 4.16. The van der Waals surface area contributed by atoms with Gasteiger partial charge in [0.15, 0.2) is 0 Å². The summed E-state index contributed by atoms with van der Waals surface area (Å²) in [4.78, 5) is 4.54. The molecule has 0 spiro atoms. The monoisotopic (exact) mass is 239 g/mol. The zero-order valence-electron chi connectivity index (χ0n) is 10.1. The zero-order valence-corrected chi connectivity index (χ0v) is 11.0. The molecule has 0 bridgehead atoms. The van der Waals surface area contributed by atoms with E-state index in [1.807, 2.05) is 6.20 Å². The number of nitrogens with zero attached hydrogens (tertiary/aromatic N) is 2. The van der Waals surface area contributed by atoms with Crippen molar-refractivity contribution in [1.29, 1.82) is 0 Å². The first-order chi connectivity index (χ1) is 7.86. The lowest BCUT2D eigenvalue weighted by Crippen LogP contribution is -2.31. The minimum atomic E-state index is 0.424. The number of aromatic nitrogens is 2. The SMILES string of the molecule is CCNC(c1nccn1CC)C1CCCS1. The molecule has 0 aliphatic carbocycles. The zero-order chi connectivity index (χ0) is 11.4. The molecule has 2 unspecified atom stereocenters. The fourth-order valence-electron chi connectivity index (χ4n) is 2.34. The van der Waals surface area contributed by atoms with Gasteiger partial charge in [0.25, 0.3) is 0 Å². The number of nitrogens with one attached hydrogen (secondary N) is 1. The summed E-state index contributed by atoms with van der Waals surface area (Å²) in [6.07, 6.45) is 6.67. The van der Waals surface area contributed by atoms with Crippen LogP contribution in [0.25, 0.3) is 0 Å². The van der Waals surface area contributed by atoms with Gasteiger partial charge in [-0.25, -0.2) is 4.98 Å². The fraction of sp³-hybridized carbons (Fsp3) is 0.750. The third-order valence-corrected chi connectivity index (χ3v) is 4.59. The minimum absolute atomic E-state index is 0.424. The van der Waals surface area contributed by atoms with Crippen LogP contribution in [-0.4, -0.2) is 27.1 Å². The highest BCUT2D eigenvalue weighted by atomic mass is 32.2. The summed E-state index contributed by atoms with van der Waals surface area (Å²) >= 11 is 2.09. The summed E-state index contributed by atoms with van der Waals surface area (Å²) in [6.45, 7) is 6.37. The Hall–Kier alpha value is -0.480. The van der Waals surface area contributed by atoms with E-state index < -0.39 is 0 Å². The molecule has 1 aliphatic heterocycles. The molecule has 2 atom stereocenters. The quantitative estimate of drug-likeness (QED) is 0.856. The van der Waals surface area contributed by atoms with Crippen LogP contribution in [0.5, 0.6) is 0 Å². The van der Waals surface area contributed by atoms with E-state index in [0.29, 0.717) is 11.3 Å². The summed E-state index contributed by atoms with van der Waals surface area (Å²) in [6, 6.07) is 0.424. The minimum Gasteiger partial charge on any atom is -0.334 e. The first-order valence-corrected chi connectivity index (χ1v) is 7.27. The Morgan fingerprint density at radius 2 is 2.50 bits per heavy atom. The van der Waals surface area contributed by atoms with Crippen molar-refractivity contribution in [1.82, 2.24) is 14.9 Å². The third kappa shape index (κ3) is 2.43. The topological polar surface area (TPSA) is 29.9 Å². The molecule has 1 aromatic heterocycles. The fourth-order valence-corrected chi connectivity index (χ4v) is 3.72. The van der Waals surface area contributed by atoms with Gasteiger partial charge in [0.1, 0.15) is 5.82 Å². The highest BCUT2D eigenvalue weighted by molar-refractivity contribution is 8.00. The van der Waals surface area contributed by atoms with Crippen LogP contribution in [0.4, 0.5) is 0 Å². The molecular weight excluding hydrogens is 218 g/mol. The van der Waals surface area contributed by atoms with Gasteiger partial charge >= 0.3 is 0 Å². The average Bonchev–Trinajstić information content (AvgIpc) is 2.96. The molecule has 90 valence electrons. The van der Waals surface area contributed by atoms with Crippen LogP contribution in [0, 0.1) is 0 Å². The van der Waals surface area contributed by atoms with Crippen LogP contribution in [-0.2, 0) is 6.54 Å². The summed E-state index contributed by atoms with van der Waals surface area (Å²) < 4.78 is 2.26. The lowest BCUT2D eigenvalue weighted by atomic mass is 10.1. The van der Waals surface area contributed by atoms with Gasteiger partial charge in [0.2, 0.25) is 0 Å². The number of aryl methyl sites for hydroxylation is 1. The highest BCUT2D eigenvalue weighted by Gasteiger charge is 2.28. The molecule has 0 amide bonds. The Labute approximate surface area is 102 Å². The second-order valence-corrected chi connectivity index (χ2v) is 5.51. The molecule has 0 radical (unpaired) electrons. The third-order valence-electron chi connectivity index (χ3n) is 3.13. The lowest BCUT2D eigenvalue weighted by molar-refractivity contribution is 0.474. The maximum atomic E-state index is 4.54. The Morgan fingerprint density at radius 3 is 3.12 bits per heavy atom. The predicted octanol–water partition coefficient (Wildman–Crippen LogP) is 2.45. The number of hydrogen-bond donors (Lipinski definition) is 1. The van der Waals surface area contributed by atoms with Crippen LogP contribution < -0.4 is 5.32 Å². The number of hydrogen-bond acceptors (Lipinski definition) is 3. The lowest BCUT2D eigenvalue weighted by Gasteiger charge is -2.23. The van der Waals surface area contributed by atoms with Crippen LogP contribution in [0.15, 0.2) is 12.4 Å². The molecule has 2 heterocycles. The van der Waals surface area contributed by atoms with Gasteiger partial charge in [0.05, 0.1) is 6.04 Å². The van der Waals surface area contributed by atoms with E-state index in [4.69, 9.17) is 0 Å². The molecule has 1 saturated heterocycles. The standard InChI is InChI=1S/C12H21N3S/c1-3-13-11(10-6-5-9-16-10)12-14-7-8-15(12)4-2/h7-8,10-11,13H,3-6,9H2,1-2H3. The Bertz CT molecular complexity index is 318. The molecule has 16 heavy (non-hydrogen) atoms. The number of thioether (sulfide) groups is 1. The first-order valence-electron chi connectivity index (χ1n) is 6.22. The average molecular weight is 239 g/mol. The van der Waals surface area contributed by atoms with Gasteiger partial charge < -0.3 is 9.88 Å². The molecule has 4 heteroatoms. The van der Waals surface area contributed by atoms with Crippen molar-refractivity contribution >= 4 is 11.8 Å². The van der Waals surface area contributed by atoms with E-state index in [-0.39, 0.29) is 0 Å². The van der Waals surface area contributed by atoms with Crippen molar-refractivity contribution in [3.8, 4) is 0 Å².